The number of hydrogen-bond donors (Lipinski definition) is 0. The summed E-state index contributed by atoms with van der Waals surface area (Å²) >= 11 is 9.63. The molecule has 0 amide bonds. The van der Waals surface area contributed by atoms with Crippen molar-refractivity contribution in [2.45, 2.75) is 0 Å². The first-order chi connectivity index (χ1) is 11.6. The van der Waals surface area contributed by atoms with Gasteiger partial charge in [-0.3, -0.25) is 0 Å². The summed E-state index contributed by atoms with van der Waals surface area (Å²) < 4.78 is 25.0. The number of benzene rings is 2. The number of halogens is 3. The molecule has 0 spiro atoms. The minimum atomic E-state index is -0.477. The van der Waals surface area contributed by atoms with Crippen LogP contribution in [0.4, 0.5) is 4.39 Å². The molecule has 1 heterocycles. The van der Waals surface area contributed by atoms with Crippen LogP contribution < -0.4 is 4.74 Å². The Kier molecular flexibility index (Phi) is 4.97. The highest BCUT2D eigenvalue weighted by atomic mass is 79.9. The highest BCUT2D eigenvalue weighted by Crippen LogP contribution is 2.30. The zero-order valence-corrected chi connectivity index (χ0v) is 14.8. The quantitative estimate of drug-likeness (QED) is 0.580. The standard InChI is InChI=1S/C17H11BrClFN2O2/c1-23-15-7-6-10(9-14(15)20)8-13(19)17-22-21-16(24-17)11-4-2-3-5-12(11)18/h2-9H,1H3/b13-8-. The van der Waals surface area contributed by atoms with E-state index in [0.717, 1.165) is 10.0 Å². The first-order valence-electron chi connectivity index (χ1n) is 6.88. The van der Waals surface area contributed by atoms with E-state index in [4.69, 9.17) is 20.8 Å². The predicted molar refractivity (Wildman–Crippen MR) is 94.1 cm³/mol. The summed E-state index contributed by atoms with van der Waals surface area (Å²) in [6.07, 6.45) is 1.54. The molecule has 3 rings (SSSR count). The van der Waals surface area contributed by atoms with Crippen LogP contribution in [-0.2, 0) is 0 Å². The molecule has 0 unspecified atom stereocenters. The summed E-state index contributed by atoms with van der Waals surface area (Å²) in [6, 6.07) is 12.0. The van der Waals surface area contributed by atoms with E-state index >= 15 is 0 Å². The van der Waals surface area contributed by atoms with E-state index in [1.165, 1.54) is 19.2 Å². The predicted octanol–water partition coefficient (Wildman–Crippen LogP) is 5.38. The Bertz CT molecular complexity index is 911. The summed E-state index contributed by atoms with van der Waals surface area (Å²) in [5.74, 6) is 0.177. The highest BCUT2D eigenvalue weighted by Gasteiger charge is 2.13. The number of methoxy groups -OCH3 is 1. The second kappa shape index (κ2) is 7.15. The van der Waals surface area contributed by atoms with Crippen LogP contribution in [-0.4, -0.2) is 17.3 Å². The molecule has 3 aromatic rings. The molecular formula is C17H11BrClFN2O2. The van der Waals surface area contributed by atoms with Crippen molar-refractivity contribution >= 4 is 38.6 Å². The van der Waals surface area contributed by atoms with Crippen molar-refractivity contribution in [1.82, 2.24) is 10.2 Å². The first-order valence-corrected chi connectivity index (χ1v) is 8.05. The second-order valence-corrected chi connectivity index (χ2v) is 6.04. The summed E-state index contributed by atoms with van der Waals surface area (Å²) in [5.41, 5.74) is 1.31. The molecule has 0 aliphatic rings. The summed E-state index contributed by atoms with van der Waals surface area (Å²) in [6.45, 7) is 0. The van der Waals surface area contributed by atoms with Gasteiger partial charge in [0.2, 0.25) is 5.89 Å². The van der Waals surface area contributed by atoms with E-state index in [1.807, 2.05) is 24.3 Å². The van der Waals surface area contributed by atoms with Gasteiger partial charge in [-0.1, -0.05) is 29.8 Å². The lowest BCUT2D eigenvalue weighted by Gasteiger charge is -2.02. The normalized spacial score (nSPS) is 11.6. The van der Waals surface area contributed by atoms with Crippen LogP contribution in [0.25, 0.3) is 22.6 Å². The Morgan fingerprint density at radius 2 is 2.04 bits per heavy atom. The third kappa shape index (κ3) is 3.49. The SMILES string of the molecule is COc1ccc(/C=C(\Cl)c2nnc(-c3ccccc3Br)o2)cc1F. The molecule has 0 atom stereocenters. The molecule has 0 saturated carbocycles. The van der Waals surface area contributed by atoms with Gasteiger partial charge in [-0.15, -0.1) is 10.2 Å². The number of nitrogens with zero attached hydrogens (tertiary/aromatic N) is 2. The van der Waals surface area contributed by atoms with E-state index in [-0.39, 0.29) is 16.7 Å². The number of hydrogen-bond acceptors (Lipinski definition) is 4. The first kappa shape index (κ1) is 16.7. The van der Waals surface area contributed by atoms with Gasteiger partial charge < -0.3 is 9.15 Å². The Morgan fingerprint density at radius 1 is 1.25 bits per heavy atom. The maximum atomic E-state index is 13.7. The van der Waals surface area contributed by atoms with Crippen molar-refractivity contribution in [3.63, 3.8) is 0 Å². The van der Waals surface area contributed by atoms with Crippen molar-refractivity contribution in [2.75, 3.05) is 7.11 Å². The van der Waals surface area contributed by atoms with Crippen LogP contribution in [0, 0.1) is 5.82 Å². The van der Waals surface area contributed by atoms with Gasteiger partial charge in [0.15, 0.2) is 11.6 Å². The maximum Gasteiger partial charge on any atom is 0.259 e. The van der Waals surface area contributed by atoms with E-state index in [0.29, 0.717) is 11.5 Å². The largest absolute Gasteiger partial charge is 0.494 e. The summed E-state index contributed by atoms with van der Waals surface area (Å²) in [4.78, 5) is 0. The Balaban J connectivity index is 1.89. The van der Waals surface area contributed by atoms with Gasteiger partial charge in [-0.2, -0.15) is 0 Å². The fourth-order valence-corrected chi connectivity index (χ4v) is 2.70. The van der Waals surface area contributed by atoms with Gasteiger partial charge in [0, 0.05) is 4.47 Å². The molecule has 1 aromatic heterocycles. The number of ether oxygens (including phenoxy) is 1. The van der Waals surface area contributed by atoms with Gasteiger partial charge in [0.25, 0.3) is 5.89 Å². The lowest BCUT2D eigenvalue weighted by Crippen LogP contribution is -1.88. The average molecular weight is 410 g/mol. The minimum absolute atomic E-state index is 0.152. The number of aromatic nitrogens is 2. The molecule has 0 aliphatic heterocycles. The fourth-order valence-electron chi connectivity index (χ4n) is 2.04. The number of rotatable bonds is 4. The van der Waals surface area contributed by atoms with Crippen molar-refractivity contribution in [1.29, 1.82) is 0 Å². The smallest absolute Gasteiger partial charge is 0.259 e. The molecular weight excluding hydrogens is 399 g/mol. The topological polar surface area (TPSA) is 48.2 Å². The average Bonchev–Trinajstić information content (AvgIpc) is 3.05. The maximum absolute atomic E-state index is 13.7. The van der Waals surface area contributed by atoms with Crippen LogP contribution in [0.2, 0.25) is 0 Å². The highest BCUT2D eigenvalue weighted by molar-refractivity contribution is 9.10. The van der Waals surface area contributed by atoms with Crippen LogP contribution in [0.3, 0.4) is 0 Å². The van der Waals surface area contributed by atoms with Crippen molar-refractivity contribution in [3.8, 4) is 17.2 Å². The van der Waals surface area contributed by atoms with E-state index in [2.05, 4.69) is 26.1 Å². The van der Waals surface area contributed by atoms with Gasteiger partial charge >= 0.3 is 0 Å². The van der Waals surface area contributed by atoms with Gasteiger partial charge in [0.05, 0.1) is 12.7 Å². The van der Waals surface area contributed by atoms with Crippen LogP contribution in [0.15, 0.2) is 51.4 Å². The molecule has 0 saturated heterocycles. The van der Waals surface area contributed by atoms with Crippen LogP contribution in [0.5, 0.6) is 5.75 Å². The van der Waals surface area contributed by atoms with Crippen LogP contribution in [0.1, 0.15) is 11.5 Å². The van der Waals surface area contributed by atoms with E-state index in [9.17, 15) is 4.39 Å². The minimum Gasteiger partial charge on any atom is -0.494 e. The lowest BCUT2D eigenvalue weighted by atomic mass is 10.2. The Hall–Kier alpha value is -2.18. The van der Waals surface area contributed by atoms with E-state index in [1.54, 1.807) is 12.1 Å². The fraction of sp³-hybridized carbons (Fsp3) is 0.0588. The zero-order chi connectivity index (χ0) is 17.1. The summed E-state index contributed by atoms with van der Waals surface area (Å²) in [7, 11) is 1.41. The molecule has 0 aliphatic carbocycles. The summed E-state index contributed by atoms with van der Waals surface area (Å²) in [5, 5.41) is 8.13. The molecule has 7 heteroatoms. The lowest BCUT2D eigenvalue weighted by molar-refractivity contribution is 0.386. The molecule has 0 radical (unpaired) electrons. The third-order valence-electron chi connectivity index (χ3n) is 3.20. The monoisotopic (exact) mass is 408 g/mol. The molecule has 24 heavy (non-hydrogen) atoms. The molecule has 0 fully saturated rings. The molecule has 4 nitrogen and oxygen atoms in total. The third-order valence-corrected chi connectivity index (χ3v) is 4.17. The van der Waals surface area contributed by atoms with Gasteiger partial charge in [-0.05, 0) is 51.8 Å². The van der Waals surface area contributed by atoms with Crippen molar-refractivity contribution in [3.05, 3.63) is 64.2 Å². The van der Waals surface area contributed by atoms with Crippen molar-refractivity contribution in [2.24, 2.45) is 0 Å². The Morgan fingerprint density at radius 3 is 2.75 bits per heavy atom. The van der Waals surface area contributed by atoms with Crippen molar-refractivity contribution < 1.29 is 13.5 Å². The molecule has 2 aromatic carbocycles. The van der Waals surface area contributed by atoms with Gasteiger partial charge in [-0.25, -0.2) is 4.39 Å². The zero-order valence-electron chi connectivity index (χ0n) is 12.5. The van der Waals surface area contributed by atoms with Crippen LogP contribution >= 0.6 is 27.5 Å². The molecule has 122 valence electrons. The second-order valence-electron chi connectivity index (χ2n) is 4.78. The molecule has 0 N–H and O–H groups in total. The Labute approximate surface area is 151 Å². The van der Waals surface area contributed by atoms with E-state index < -0.39 is 5.82 Å². The molecule has 0 bridgehead atoms. The van der Waals surface area contributed by atoms with Gasteiger partial charge in [0.1, 0.15) is 5.03 Å².